The fraction of sp³-hybridized carbons (Fsp3) is 0.214. The molecule has 0 saturated heterocycles. The lowest BCUT2D eigenvalue weighted by molar-refractivity contribution is 0.0994. The third-order valence-corrected chi connectivity index (χ3v) is 2.69. The number of anilines is 1. The van der Waals surface area contributed by atoms with Crippen LogP contribution in [0.2, 0.25) is 0 Å². The van der Waals surface area contributed by atoms with Crippen molar-refractivity contribution in [1.82, 2.24) is 10.2 Å². The van der Waals surface area contributed by atoms with E-state index in [0.29, 0.717) is 19.0 Å². The van der Waals surface area contributed by atoms with Crippen LogP contribution in [0, 0.1) is 0 Å². The summed E-state index contributed by atoms with van der Waals surface area (Å²) in [5.74, 6) is 0.00320. The number of hydrogen-bond acceptors (Lipinski definition) is 5. The summed E-state index contributed by atoms with van der Waals surface area (Å²) in [5, 5.41) is 10.7. The Labute approximate surface area is 117 Å². The highest BCUT2D eigenvalue weighted by atomic mass is 16.5. The summed E-state index contributed by atoms with van der Waals surface area (Å²) in [6, 6.07) is 11.3. The normalized spacial score (nSPS) is 10.2. The van der Waals surface area contributed by atoms with Crippen molar-refractivity contribution in [2.45, 2.75) is 13.2 Å². The van der Waals surface area contributed by atoms with Crippen LogP contribution in [0.15, 0.2) is 36.4 Å². The lowest BCUT2D eigenvalue weighted by Crippen LogP contribution is -2.14. The van der Waals surface area contributed by atoms with Gasteiger partial charge in [-0.25, -0.2) is 0 Å². The number of methoxy groups -OCH3 is 1. The Morgan fingerprint density at radius 2 is 2.05 bits per heavy atom. The van der Waals surface area contributed by atoms with Gasteiger partial charge in [-0.2, -0.15) is 0 Å². The molecule has 1 amide bonds. The molecule has 0 bridgehead atoms. The van der Waals surface area contributed by atoms with E-state index in [4.69, 9.17) is 10.5 Å². The molecule has 0 aliphatic heterocycles. The second-order valence-electron chi connectivity index (χ2n) is 4.27. The molecule has 0 aliphatic carbocycles. The van der Waals surface area contributed by atoms with Gasteiger partial charge in [-0.05, 0) is 23.3 Å². The number of ether oxygens (including phenoxy) is 1. The number of rotatable bonds is 6. The topological polar surface area (TPSA) is 90.1 Å². The van der Waals surface area contributed by atoms with Gasteiger partial charge in [0.2, 0.25) is 0 Å². The fourth-order valence-electron chi connectivity index (χ4n) is 1.75. The van der Waals surface area contributed by atoms with Gasteiger partial charge < -0.3 is 15.8 Å². The quantitative estimate of drug-likeness (QED) is 0.828. The van der Waals surface area contributed by atoms with Gasteiger partial charge in [0.25, 0.3) is 5.91 Å². The number of carbonyl (C=O) groups excluding carboxylic acids is 1. The summed E-state index contributed by atoms with van der Waals surface area (Å²) >= 11 is 0. The molecule has 104 valence electrons. The van der Waals surface area contributed by atoms with Crippen LogP contribution in [0.3, 0.4) is 0 Å². The molecule has 0 fully saturated rings. The molecule has 0 spiro atoms. The number of amides is 1. The van der Waals surface area contributed by atoms with Crippen molar-refractivity contribution in [2.24, 2.45) is 5.73 Å². The monoisotopic (exact) mass is 272 g/mol. The van der Waals surface area contributed by atoms with Gasteiger partial charge in [0.05, 0.1) is 6.61 Å². The minimum Gasteiger partial charge on any atom is -0.380 e. The number of aromatic nitrogens is 2. The Hall–Kier alpha value is -2.47. The molecule has 0 radical (unpaired) electrons. The predicted octanol–water partition coefficient (Wildman–Crippen LogP) is 1.33. The average Bonchev–Trinajstić information content (AvgIpc) is 2.46. The summed E-state index contributed by atoms with van der Waals surface area (Å²) in [5.41, 5.74) is 7.48. The van der Waals surface area contributed by atoms with E-state index in [-0.39, 0.29) is 5.69 Å². The van der Waals surface area contributed by atoms with Crippen LogP contribution in [0.4, 0.5) is 5.82 Å². The van der Waals surface area contributed by atoms with E-state index in [2.05, 4.69) is 21.6 Å². The highest BCUT2D eigenvalue weighted by Gasteiger charge is 2.03. The fourth-order valence-corrected chi connectivity index (χ4v) is 1.75. The van der Waals surface area contributed by atoms with Gasteiger partial charge in [-0.3, -0.25) is 4.79 Å². The third kappa shape index (κ3) is 3.76. The Kier molecular flexibility index (Phi) is 4.62. The first-order chi connectivity index (χ1) is 9.69. The number of nitrogens with two attached hydrogens (primary N) is 1. The number of benzene rings is 1. The van der Waals surface area contributed by atoms with E-state index in [0.717, 1.165) is 11.1 Å². The number of primary amides is 1. The van der Waals surface area contributed by atoms with Crippen molar-refractivity contribution in [2.75, 3.05) is 12.4 Å². The first-order valence-corrected chi connectivity index (χ1v) is 6.13. The number of nitrogens with zero attached hydrogens (tertiary/aromatic N) is 2. The predicted molar refractivity (Wildman–Crippen MR) is 75.0 cm³/mol. The van der Waals surface area contributed by atoms with Crippen LogP contribution in [0.5, 0.6) is 0 Å². The van der Waals surface area contributed by atoms with Crippen molar-refractivity contribution in [3.05, 3.63) is 53.2 Å². The van der Waals surface area contributed by atoms with Crippen LogP contribution in [-0.4, -0.2) is 23.2 Å². The van der Waals surface area contributed by atoms with E-state index in [9.17, 15) is 4.79 Å². The number of hydrogen-bond donors (Lipinski definition) is 2. The van der Waals surface area contributed by atoms with Crippen molar-refractivity contribution in [3.63, 3.8) is 0 Å². The second kappa shape index (κ2) is 6.63. The Morgan fingerprint density at radius 3 is 2.70 bits per heavy atom. The molecule has 0 aliphatic rings. The van der Waals surface area contributed by atoms with Crippen LogP contribution in [0.1, 0.15) is 21.6 Å². The molecule has 0 unspecified atom stereocenters. The minimum absolute atomic E-state index is 0.151. The summed E-state index contributed by atoms with van der Waals surface area (Å²) in [4.78, 5) is 10.9. The molecule has 3 N–H and O–H groups in total. The summed E-state index contributed by atoms with van der Waals surface area (Å²) in [6.07, 6.45) is 0. The van der Waals surface area contributed by atoms with Gasteiger partial charge in [-0.15, -0.1) is 10.2 Å². The zero-order valence-corrected chi connectivity index (χ0v) is 11.2. The van der Waals surface area contributed by atoms with E-state index >= 15 is 0 Å². The van der Waals surface area contributed by atoms with Gasteiger partial charge in [0, 0.05) is 13.7 Å². The van der Waals surface area contributed by atoms with Crippen LogP contribution in [0.25, 0.3) is 0 Å². The third-order valence-electron chi connectivity index (χ3n) is 2.69. The molecular formula is C14H16N4O2. The van der Waals surface area contributed by atoms with Gasteiger partial charge in [0.1, 0.15) is 5.82 Å². The molecule has 0 atom stereocenters. The highest BCUT2D eigenvalue weighted by Crippen LogP contribution is 2.09. The zero-order valence-electron chi connectivity index (χ0n) is 11.2. The molecule has 1 heterocycles. The SMILES string of the molecule is COCc1cccc(CNc2ccc(C(N)=O)nn2)c1. The van der Waals surface area contributed by atoms with Crippen molar-refractivity contribution in [3.8, 4) is 0 Å². The first-order valence-electron chi connectivity index (χ1n) is 6.13. The van der Waals surface area contributed by atoms with Crippen LogP contribution < -0.4 is 11.1 Å². The Bertz CT molecular complexity index is 584. The maximum atomic E-state index is 10.9. The Morgan fingerprint density at radius 1 is 1.25 bits per heavy atom. The first kappa shape index (κ1) is 14.0. The van der Waals surface area contributed by atoms with Crippen LogP contribution >= 0.6 is 0 Å². The summed E-state index contributed by atoms with van der Waals surface area (Å²) < 4.78 is 5.09. The van der Waals surface area contributed by atoms with E-state index in [1.165, 1.54) is 0 Å². The van der Waals surface area contributed by atoms with Crippen molar-refractivity contribution in [1.29, 1.82) is 0 Å². The van der Waals surface area contributed by atoms with E-state index < -0.39 is 5.91 Å². The van der Waals surface area contributed by atoms with Crippen LogP contribution in [-0.2, 0) is 17.9 Å². The maximum absolute atomic E-state index is 10.9. The molecule has 1 aromatic heterocycles. The van der Waals surface area contributed by atoms with E-state index in [1.54, 1.807) is 19.2 Å². The standard InChI is InChI=1S/C14H16N4O2/c1-20-9-11-4-2-3-10(7-11)8-16-13-6-5-12(14(15)19)17-18-13/h2-7H,8-9H2,1H3,(H2,15,19)(H,16,18). The number of nitrogens with one attached hydrogen (secondary N) is 1. The molecule has 20 heavy (non-hydrogen) atoms. The molecule has 0 saturated carbocycles. The van der Waals surface area contributed by atoms with Crippen molar-refractivity contribution < 1.29 is 9.53 Å². The zero-order chi connectivity index (χ0) is 14.4. The summed E-state index contributed by atoms with van der Waals surface area (Å²) in [6.45, 7) is 1.20. The van der Waals surface area contributed by atoms with Gasteiger partial charge in [-0.1, -0.05) is 24.3 Å². The smallest absolute Gasteiger partial charge is 0.269 e. The minimum atomic E-state index is -0.587. The Balaban J connectivity index is 1.97. The molecule has 2 aromatic rings. The molecule has 6 heteroatoms. The summed E-state index contributed by atoms with van der Waals surface area (Å²) in [7, 11) is 1.67. The van der Waals surface area contributed by atoms with Gasteiger partial charge in [0.15, 0.2) is 5.69 Å². The average molecular weight is 272 g/mol. The molecule has 1 aromatic carbocycles. The second-order valence-corrected chi connectivity index (χ2v) is 4.27. The molecule has 6 nitrogen and oxygen atoms in total. The number of carbonyl (C=O) groups is 1. The molecular weight excluding hydrogens is 256 g/mol. The lowest BCUT2D eigenvalue weighted by atomic mass is 10.1. The van der Waals surface area contributed by atoms with Crippen molar-refractivity contribution >= 4 is 11.7 Å². The van der Waals surface area contributed by atoms with E-state index in [1.807, 2.05) is 18.2 Å². The highest BCUT2D eigenvalue weighted by molar-refractivity contribution is 5.90. The lowest BCUT2D eigenvalue weighted by Gasteiger charge is -2.07. The molecule has 2 rings (SSSR count). The van der Waals surface area contributed by atoms with Gasteiger partial charge >= 0.3 is 0 Å². The largest absolute Gasteiger partial charge is 0.380 e. The maximum Gasteiger partial charge on any atom is 0.269 e.